The van der Waals surface area contributed by atoms with Gasteiger partial charge in [-0.2, -0.15) is 0 Å². The number of hydrogen-bond acceptors (Lipinski definition) is 4. The smallest absolute Gasteiger partial charge is 0.407 e. The number of amides is 1. The molecule has 1 aromatic carbocycles. The first-order chi connectivity index (χ1) is 11.7. The van der Waals surface area contributed by atoms with Crippen molar-refractivity contribution in [1.29, 1.82) is 0 Å². The number of ether oxygens (including phenoxy) is 2. The Bertz CT molecular complexity index is 574. The quantitative estimate of drug-likeness (QED) is 0.841. The van der Waals surface area contributed by atoms with E-state index in [-0.39, 0.29) is 24.5 Å². The van der Waals surface area contributed by atoms with Crippen LogP contribution in [-0.4, -0.2) is 24.7 Å². The van der Waals surface area contributed by atoms with Gasteiger partial charge in [0.05, 0.1) is 12.5 Å². The predicted octanol–water partition coefficient (Wildman–Crippen LogP) is 3.28. The number of rotatable bonds is 5. The van der Waals surface area contributed by atoms with Gasteiger partial charge >= 0.3 is 12.1 Å². The van der Waals surface area contributed by atoms with Crippen molar-refractivity contribution in [3.05, 3.63) is 35.9 Å². The van der Waals surface area contributed by atoms with Gasteiger partial charge in [0, 0.05) is 6.04 Å². The molecule has 2 fully saturated rings. The molecule has 130 valence electrons. The molecule has 0 aromatic heterocycles. The van der Waals surface area contributed by atoms with Gasteiger partial charge < -0.3 is 14.8 Å². The summed E-state index contributed by atoms with van der Waals surface area (Å²) in [5.74, 6) is 0.435. The van der Waals surface area contributed by atoms with Crippen LogP contribution in [0.4, 0.5) is 4.79 Å². The monoisotopic (exact) mass is 331 g/mol. The second-order valence-corrected chi connectivity index (χ2v) is 6.68. The standard InChI is InChI=1S/C19H25NO4/c1-2-23-18(21)17-15-10-6-9-14(15)11-16(17)20-19(22)24-12-13-7-4-3-5-8-13/h3-5,7-8,14-17H,2,6,9-12H2,1H3,(H,20,22). The predicted molar refractivity (Wildman–Crippen MR) is 89.1 cm³/mol. The van der Waals surface area contributed by atoms with Crippen LogP contribution in [0.15, 0.2) is 30.3 Å². The number of alkyl carbamates (subject to hydrolysis) is 1. The zero-order chi connectivity index (χ0) is 16.9. The maximum absolute atomic E-state index is 12.3. The van der Waals surface area contributed by atoms with Crippen molar-refractivity contribution in [2.45, 2.75) is 45.3 Å². The van der Waals surface area contributed by atoms with Gasteiger partial charge in [-0.25, -0.2) is 4.79 Å². The van der Waals surface area contributed by atoms with Crippen LogP contribution < -0.4 is 5.32 Å². The molecule has 2 aliphatic rings. The van der Waals surface area contributed by atoms with Crippen molar-refractivity contribution in [2.24, 2.45) is 17.8 Å². The zero-order valence-corrected chi connectivity index (χ0v) is 14.1. The summed E-state index contributed by atoms with van der Waals surface area (Å²) in [6.07, 6.45) is 3.73. The zero-order valence-electron chi connectivity index (χ0n) is 14.1. The maximum atomic E-state index is 12.3. The van der Waals surface area contributed by atoms with Crippen LogP contribution >= 0.6 is 0 Å². The Morgan fingerprint density at radius 3 is 2.71 bits per heavy atom. The first kappa shape index (κ1) is 16.8. The molecule has 4 unspecified atom stereocenters. The van der Waals surface area contributed by atoms with Crippen molar-refractivity contribution in [3.63, 3.8) is 0 Å². The molecule has 0 heterocycles. The Labute approximate surface area is 142 Å². The van der Waals surface area contributed by atoms with Gasteiger partial charge in [-0.1, -0.05) is 43.2 Å². The van der Waals surface area contributed by atoms with Gasteiger partial charge in [0.15, 0.2) is 0 Å². The largest absolute Gasteiger partial charge is 0.466 e. The van der Waals surface area contributed by atoms with E-state index in [1.165, 1.54) is 0 Å². The van der Waals surface area contributed by atoms with E-state index in [2.05, 4.69) is 5.32 Å². The fourth-order valence-corrected chi connectivity index (χ4v) is 4.24. The molecular formula is C19H25NO4. The Balaban J connectivity index is 1.58. The first-order valence-electron chi connectivity index (χ1n) is 8.83. The van der Waals surface area contributed by atoms with Crippen LogP contribution in [0.1, 0.15) is 38.2 Å². The van der Waals surface area contributed by atoms with Gasteiger partial charge in [-0.3, -0.25) is 4.79 Å². The van der Waals surface area contributed by atoms with Crippen LogP contribution in [0, 0.1) is 17.8 Å². The molecule has 2 saturated carbocycles. The van der Waals surface area contributed by atoms with Gasteiger partial charge in [0.1, 0.15) is 6.61 Å². The summed E-state index contributed by atoms with van der Waals surface area (Å²) < 4.78 is 10.5. The van der Waals surface area contributed by atoms with Crippen LogP contribution in [0.2, 0.25) is 0 Å². The van der Waals surface area contributed by atoms with Gasteiger partial charge in [0.2, 0.25) is 0 Å². The molecule has 0 radical (unpaired) electrons. The molecule has 24 heavy (non-hydrogen) atoms. The number of fused-ring (bicyclic) bond motifs is 1. The number of hydrogen-bond donors (Lipinski definition) is 1. The van der Waals surface area contributed by atoms with E-state index in [9.17, 15) is 9.59 Å². The molecule has 5 heteroatoms. The topological polar surface area (TPSA) is 64.6 Å². The number of carbonyl (C=O) groups is 2. The Morgan fingerprint density at radius 2 is 1.96 bits per heavy atom. The fourth-order valence-electron chi connectivity index (χ4n) is 4.24. The summed E-state index contributed by atoms with van der Waals surface area (Å²) in [4.78, 5) is 24.5. The summed E-state index contributed by atoms with van der Waals surface area (Å²) in [5.41, 5.74) is 0.942. The molecule has 0 bridgehead atoms. The molecule has 1 amide bonds. The number of nitrogens with one attached hydrogen (secondary N) is 1. The second-order valence-electron chi connectivity index (χ2n) is 6.68. The molecule has 4 atom stereocenters. The van der Waals surface area contributed by atoms with E-state index in [1.54, 1.807) is 0 Å². The molecule has 5 nitrogen and oxygen atoms in total. The van der Waals surface area contributed by atoms with Crippen molar-refractivity contribution in [1.82, 2.24) is 5.32 Å². The molecule has 0 aliphatic heterocycles. The normalized spacial score (nSPS) is 28.2. The lowest BCUT2D eigenvalue weighted by molar-refractivity contribution is -0.150. The summed E-state index contributed by atoms with van der Waals surface area (Å²) >= 11 is 0. The van der Waals surface area contributed by atoms with Crippen molar-refractivity contribution >= 4 is 12.1 Å². The van der Waals surface area contributed by atoms with Crippen LogP contribution in [0.3, 0.4) is 0 Å². The van der Waals surface area contributed by atoms with Gasteiger partial charge in [-0.15, -0.1) is 0 Å². The molecule has 0 spiro atoms. The minimum atomic E-state index is -0.460. The Kier molecular flexibility index (Phi) is 5.38. The fraction of sp³-hybridized carbons (Fsp3) is 0.579. The molecule has 1 N–H and O–H groups in total. The summed E-state index contributed by atoms with van der Waals surface area (Å²) in [7, 11) is 0. The highest BCUT2D eigenvalue weighted by Crippen LogP contribution is 2.48. The molecule has 3 rings (SSSR count). The van der Waals surface area contributed by atoms with Crippen molar-refractivity contribution in [3.8, 4) is 0 Å². The average molecular weight is 331 g/mol. The highest BCUT2D eigenvalue weighted by Gasteiger charge is 2.50. The molecule has 0 saturated heterocycles. The van der Waals surface area contributed by atoms with E-state index in [4.69, 9.17) is 9.47 Å². The number of carbonyl (C=O) groups excluding carboxylic acids is 2. The van der Waals surface area contributed by atoms with Gasteiger partial charge in [-0.05, 0) is 37.2 Å². The molecule has 1 aromatic rings. The Hall–Kier alpha value is -2.04. The maximum Gasteiger partial charge on any atom is 0.407 e. The third kappa shape index (κ3) is 3.71. The lowest BCUT2D eigenvalue weighted by Crippen LogP contribution is -2.42. The number of benzene rings is 1. The SMILES string of the molecule is CCOC(=O)C1C(NC(=O)OCc2ccccc2)CC2CCCC21. The number of esters is 1. The minimum Gasteiger partial charge on any atom is -0.466 e. The van der Waals surface area contributed by atoms with Crippen LogP contribution in [0.5, 0.6) is 0 Å². The average Bonchev–Trinajstić information content (AvgIpc) is 3.14. The third-order valence-corrected chi connectivity index (χ3v) is 5.24. The van der Waals surface area contributed by atoms with Gasteiger partial charge in [0.25, 0.3) is 0 Å². The van der Waals surface area contributed by atoms with E-state index in [0.717, 1.165) is 31.2 Å². The van der Waals surface area contributed by atoms with Crippen LogP contribution in [0.25, 0.3) is 0 Å². The highest BCUT2D eigenvalue weighted by molar-refractivity contribution is 5.76. The third-order valence-electron chi connectivity index (χ3n) is 5.24. The van der Waals surface area contributed by atoms with Crippen molar-refractivity contribution < 1.29 is 19.1 Å². The molecular weight excluding hydrogens is 306 g/mol. The first-order valence-corrected chi connectivity index (χ1v) is 8.83. The lowest BCUT2D eigenvalue weighted by atomic mass is 9.91. The summed E-state index contributed by atoms with van der Waals surface area (Å²) in [6, 6.07) is 9.38. The summed E-state index contributed by atoms with van der Waals surface area (Å²) in [6.45, 7) is 2.42. The Morgan fingerprint density at radius 1 is 1.17 bits per heavy atom. The van der Waals surface area contributed by atoms with E-state index in [1.807, 2.05) is 37.3 Å². The van der Waals surface area contributed by atoms with Crippen LogP contribution in [-0.2, 0) is 20.9 Å². The van der Waals surface area contributed by atoms with E-state index < -0.39 is 6.09 Å². The second kappa shape index (κ2) is 7.69. The highest BCUT2D eigenvalue weighted by atomic mass is 16.5. The van der Waals surface area contributed by atoms with Crippen molar-refractivity contribution in [2.75, 3.05) is 6.61 Å². The van der Waals surface area contributed by atoms with E-state index >= 15 is 0 Å². The lowest BCUT2D eigenvalue weighted by Gasteiger charge is -2.23. The van der Waals surface area contributed by atoms with E-state index in [0.29, 0.717) is 18.4 Å². The minimum absolute atomic E-state index is 0.178. The summed E-state index contributed by atoms with van der Waals surface area (Å²) in [5, 5.41) is 2.91. The molecule has 2 aliphatic carbocycles.